The monoisotopic (exact) mass is 436 g/mol. The maximum Gasteiger partial charge on any atom is 0.376 e. The predicted octanol–water partition coefficient (Wildman–Crippen LogP) is 2.51. The van der Waals surface area contributed by atoms with Gasteiger partial charge in [-0.1, -0.05) is 23.8 Å². The molecule has 1 aliphatic heterocycles. The number of hydrogen-bond donors (Lipinski definition) is 1. The number of anilines is 1. The van der Waals surface area contributed by atoms with E-state index >= 15 is 0 Å². The van der Waals surface area contributed by atoms with Gasteiger partial charge in [-0.25, -0.2) is 14.8 Å². The van der Waals surface area contributed by atoms with Gasteiger partial charge in [0.25, 0.3) is 11.8 Å². The molecule has 1 N–H and O–H groups in total. The minimum absolute atomic E-state index is 0.00952. The molecule has 9 nitrogen and oxygen atoms in total. The van der Waals surface area contributed by atoms with Gasteiger partial charge in [-0.15, -0.1) is 0 Å². The summed E-state index contributed by atoms with van der Waals surface area (Å²) in [6, 6.07) is 15.2. The summed E-state index contributed by atoms with van der Waals surface area (Å²) in [7, 11) is 1.55. The molecule has 0 spiro atoms. The Morgan fingerprint density at radius 3 is 2.34 bits per heavy atom. The average molecular weight is 436 g/mol. The van der Waals surface area contributed by atoms with Gasteiger partial charge < -0.3 is 14.5 Å². The van der Waals surface area contributed by atoms with E-state index in [1.807, 2.05) is 13.8 Å². The molecule has 0 saturated carbocycles. The number of carbonyl (C=O) groups excluding carboxylic acids is 3. The van der Waals surface area contributed by atoms with E-state index < -0.39 is 17.8 Å². The van der Waals surface area contributed by atoms with Gasteiger partial charge in [-0.2, -0.15) is 0 Å². The van der Waals surface area contributed by atoms with E-state index in [0.29, 0.717) is 30.1 Å². The number of methoxy groups -OCH3 is 1. The van der Waals surface area contributed by atoms with Crippen molar-refractivity contribution >= 4 is 29.2 Å². The van der Waals surface area contributed by atoms with E-state index in [-0.39, 0.29) is 11.4 Å². The van der Waals surface area contributed by atoms with E-state index in [0.717, 1.165) is 0 Å². The van der Waals surface area contributed by atoms with Gasteiger partial charge in [-0.05, 0) is 50.2 Å². The zero-order valence-electron chi connectivity index (χ0n) is 18.1. The first-order valence-electron chi connectivity index (χ1n) is 10.1. The highest BCUT2D eigenvalue weighted by molar-refractivity contribution is 6.45. The third kappa shape index (κ3) is 5.01. The van der Waals surface area contributed by atoms with E-state index in [1.54, 1.807) is 61.7 Å². The van der Waals surface area contributed by atoms with Crippen LogP contribution in [-0.2, 0) is 14.4 Å². The first kappa shape index (κ1) is 22.7. The Labute approximate surface area is 185 Å². The van der Waals surface area contributed by atoms with Crippen LogP contribution in [0.2, 0.25) is 0 Å². The summed E-state index contributed by atoms with van der Waals surface area (Å²) in [5.41, 5.74) is 3.24. The van der Waals surface area contributed by atoms with Gasteiger partial charge in [0.15, 0.2) is 5.70 Å². The lowest BCUT2D eigenvalue weighted by Gasteiger charge is -2.19. The predicted molar refractivity (Wildman–Crippen MR) is 119 cm³/mol. The van der Waals surface area contributed by atoms with Crippen LogP contribution in [0.4, 0.5) is 5.69 Å². The molecule has 2 aromatic rings. The smallest absolute Gasteiger partial charge is 0.376 e. The normalized spacial score (nSPS) is 15.0. The van der Waals surface area contributed by atoms with E-state index in [9.17, 15) is 14.4 Å². The van der Waals surface area contributed by atoms with Crippen molar-refractivity contribution in [3.8, 4) is 5.75 Å². The Balaban J connectivity index is 2.03. The van der Waals surface area contributed by atoms with Gasteiger partial charge in [-0.3, -0.25) is 9.59 Å². The van der Waals surface area contributed by atoms with Crippen molar-refractivity contribution in [1.82, 2.24) is 10.5 Å². The summed E-state index contributed by atoms with van der Waals surface area (Å²) in [6.45, 7) is 4.48. The Kier molecular flexibility index (Phi) is 7.35. The second-order valence-corrected chi connectivity index (χ2v) is 6.69. The molecule has 1 saturated heterocycles. The van der Waals surface area contributed by atoms with Crippen LogP contribution in [0.3, 0.4) is 0 Å². The Bertz CT molecular complexity index is 1040. The Hall–Kier alpha value is -3.98. The van der Waals surface area contributed by atoms with Crippen LogP contribution in [0, 0.1) is 0 Å². The minimum Gasteiger partial charge on any atom is -0.497 e. The number of rotatable bonds is 7. The van der Waals surface area contributed by atoms with Crippen molar-refractivity contribution in [2.75, 3.05) is 25.2 Å². The molecule has 0 unspecified atom stereocenters. The van der Waals surface area contributed by atoms with Crippen molar-refractivity contribution in [2.24, 2.45) is 4.99 Å². The summed E-state index contributed by atoms with van der Waals surface area (Å²) >= 11 is 0. The van der Waals surface area contributed by atoms with Gasteiger partial charge in [0, 0.05) is 24.7 Å². The lowest BCUT2D eigenvalue weighted by atomic mass is 10.2. The van der Waals surface area contributed by atoms with E-state index in [1.165, 1.54) is 16.0 Å². The third-order valence-electron chi connectivity index (χ3n) is 4.80. The third-order valence-corrected chi connectivity index (χ3v) is 4.80. The fraction of sp³-hybridized carbons (Fsp3) is 0.217. The highest BCUT2D eigenvalue weighted by Crippen LogP contribution is 2.24. The molecule has 1 heterocycles. The molecule has 0 atom stereocenters. The molecular formula is C23H24N4O5. The molecular weight excluding hydrogens is 412 g/mol. The van der Waals surface area contributed by atoms with Crippen LogP contribution in [0.15, 0.2) is 71.4 Å². The Morgan fingerprint density at radius 2 is 1.75 bits per heavy atom. The lowest BCUT2D eigenvalue weighted by molar-refractivity contribution is -0.140. The first-order valence-corrected chi connectivity index (χ1v) is 10.1. The number of nitrogens with zero attached hydrogens (tertiary/aromatic N) is 3. The molecule has 2 aromatic carbocycles. The molecule has 1 aliphatic rings. The highest BCUT2D eigenvalue weighted by atomic mass is 16.7. The standard InChI is InChI=1S/C23H24N4O5/c1-4-26(5-2)22(29)19(24-21(28)16-9-7-6-8-10-16)15-20-23(30)32-25-27(20)17-11-13-18(31-3)14-12-17/h6-15,25H,4-5H2,1-3H3/b20-15+,24-19?. The van der Waals surface area contributed by atoms with Gasteiger partial charge in [0.05, 0.1) is 12.8 Å². The van der Waals surface area contributed by atoms with E-state index in [2.05, 4.69) is 10.6 Å². The molecule has 0 aliphatic carbocycles. The molecule has 32 heavy (non-hydrogen) atoms. The van der Waals surface area contributed by atoms with Gasteiger partial charge in [0.1, 0.15) is 11.5 Å². The first-order chi connectivity index (χ1) is 15.5. The topological polar surface area (TPSA) is 101 Å². The molecule has 0 aromatic heterocycles. The average Bonchev–Trinajstić information content (AvgIpc) is 3.19. The van der Waals surface area contributed by atoms with Crippen molar-refractivity contribution in [1.29, 1.82) is 0 Å². The van der Waals surface area contributed by atoms with Crippen LogP contribution in [0.25, 0.3) is 0 Å². The second-order valence-electron chi connectivity index (χ2n) is 6.69. The van der Waals surface area contributed by atoms with Crippen LogP contribution in [0.1, 0.15) is 24.2 Å². The maximum absolute atomic E-state index is 13.1. The van der Waals surface area contributed by atoms with Crippen LogP contribution >= 0.6 is 0 Å². The minimum atomic E-state index is -0.715. The Morgan fingerprint density at radius 1 is 1.09 bits per heavy atom. The zero-order chi connectivity index (χ0) is 23.1. The number of hydrogen-bond acceptors (Lipinski definition) is 7. The molecule has 0 radical (unpaired) electrons. The molecule has 1 fully saturated rings. The SMILES string of the molecule is CCN(CC)C(=O)C(/C=C1\C(=O)ONN1c1ccc(OC)cc1)=NC(=O)c1ccccc1. The number of ether oxygens (including phenoxy) is 1. The van der Waals surface area contributed by atoms with Crippen LogP contribution in [-0.4, -0.2) is 48.6 Å². The summed E-state index contributed by atoms with van der Waals surface area (Å²) in [5.74, 6) is -1.14. The number of benzene rings is 2. The van der Waals surface area contributed by atoms with Crippen LogP contribution in [0.5, 0.6) is 5.75 Å². The number of amides is 2. The fourth-order valence-corrected chi connectivity index (χ4v) is 3.03. The second kappa shape index (κ2) is 10.4. The fourth-order valence-electron chi connectivity index (χ4n) is 3.03. The van der Waals surface area contributed by atoms with Crippen molar-refractivity contribution in [2.45, 2.75) is 13.8 Å². The number of carbonyl (C=O) groups is 3. The molecule has 0 bridgehead atoms. The van der Waals surface area contributed by atoms with Crippen LogP contribution < -0.4 is 15.3 Å². The molecule has 9 heteroatoms. The number of hydrazine groups is 1. The maximum atomic E-state index is 13.1. The quantitative estimate of drug-likeness (QED) is 0.526. The molecule has 166 valence electrons. The van der Waals surface area contributed by atoms with Gasteiger partial charge in [0.2, 0.25) is 0 Å². The van der Waals surface area contributed by atoms with Crippen molar-refractivity contribution in [3.05, 3.63) is 71.9 Å². The summed E-state index contributed by atoms with van der Waals surface area (Å²) in [6.07, 6.45) is 1.26. The zero-order valence-corrected chi connectivity index (χ0v) is 18.1. The number of aliphatic imine (C=N–C) groups is 1. The lowest BCUT2D eigenvalue weighted by Crippen LogP contribution is -2.37. The van der Waals surface area contributed by atoms with Crippen molar-refractivity contribution < 1.29 is 24.0 Å². The van der Waals surface area contributed by atoms with Gasteiger partial charge >= 0.3 is 5.97 Å². The largest absolute Gasteiger partial charge is 0.497 e. The van der Waals surface area contributed by atoms with E-state index in [4.69, 9.17) is 9.57 Å². The number of nitrogens with one attached hydrogen (secondary N) is 1. The summed E-state index contributed by atoms with van der Waals surface area (Å²) in [4.78, 5) is 48.7. The summed E-state index contributed by atoms with van der Waals surface area (Å²) < 4.78 is 5.15. The summed E-state index contributed by atoms with van der Waals surface area (Å²) in [5, 5.41) is 1.36. The molecule has 3 rings (SSSR count). The highest BCUT2D eigenvalue weighted by Gasteiger charge is 2.31. The molecule has 2 amide bonds. The van der Waals surface area contributed by atoms with Crippen molar-refractivity contribution in [3.63, 3.8) is 0 Å².